The zero-order valence-electron chi connectivity index (χ0n) is 18.0. The molecule has 1 aliphatic carbocycles. The number of thioether (sulfide) groups is 1. The van der Waals surface area contributed by atoms with Crippen LogP contribution in [0.1, 0.15) is 37.1 Å². The topological polar surface area (TPSA) is 49.1 Å². The number of imidazole rings is 1. The molecule has 0 N–H and O–H groups in total. The Morgan fingerprint density at radius 3 is 2.71 bits per heavy atom. The van der Waals surface area contributed by atoms with Gasteiger partial charge < -0.3 is 13.9 Å². The molecule has 1 aliphatic rings. The molecule has 0 aliphatic heterocycles. The van der Waals surface area contributed by atoms with Gasteiger partial charge in [-0.25, -0.2) is 13.8 Å². The van der Waals surface area contributed by atoms with Crippen molar-refractivity contribution in [2.24, 2.45) is 7.05 Å². The summed E-state index contributed by atoms with van der Waals surface area (Å²) in [5, 5.41) is 0. The van der Waals surface area contributed by atoms with Gasteiger partial charge in [-0.2, -0.15) is 0 Å². The Kier molecular flexibility index (Phi) is 6.21. The fourth-order valence-corrected chi connectivity index (χ4v) is 4.82. The van der Waals surface area contributed by atoms with Crippen LogP contribution in [0.5, 0.6) is 0 Å². The third-order valence-electron chi connectivity index (χ3n) is 5.76. The highest BCUT2D eigenvalue weighted by molar-refractivity contribution is 7.99. The summed E-state index contributed by atoms with van der Waals surface area (Å²) in [5.74, 6) is -0.642. The van der Waals surface area contributed by atoms with Crippen molar-refractivity contribution in [1.29, 1.82) is 0 Å². The van der Waals surface area contributed by atoms with E-state index in [1.54, 1.807) is 30.3 Å². The summed E-state index contributed by atoms with van der Waals surface area (Å²) in [6, 6.07) is 7.85. The largest absolute Gasteiger partial charge is 0.371 e. The summed E-state index contributed by atoms with van der Waals surface area (Å²) in [5.41, 5.74) is 4.32. The van der Waals surface area contributed by atoms with Crippen molar-refractivity contribution in [3.8, 4) is 11.1 Å². The molecule has 166 valence electrons. The summed E-state index contributed by atoms with van der Waals surface area (Å²) in [4.78, 5) is 16.8. The molecular formula is C23H27F2N3O2S. The zero-order chi connectivity index (χ0) is 22.2. The van der Waals surface area contributed by atoms with Gasteiger partial charge in [0.05, 0.1) is 17.0 Å². The van der Waals surface area contributed by atoms with Crippen LogP contribution in [0.25, 0.3) is 22.2 Å². The Hall–Kier alpha value is -2.19. The van der Waals surface area contributed by atoms with Gasteiger partial charge >= 0.3 is 0 Å². The van der Waals surface area contributed by atoms with E-state index in [4.69, 9.17) is 9.72 Å². The molecule has 31 heavy (non-hydrogen) atoms. The van der Waals surface area contributed by atoms with E-state index in [0.29, 0.717) is 24.7 Å². The third-order valence-corrected chi connectivity index (χ3v) is 6.56. The lowest BCUT2D eigenvalue weighted by Crippen LogP contribution is -2.35. The first kappa shape index (κ1) is 22.0. The number of fused-ring (bicyclic) bond motifs is 1. The summed E-state index contributed by atoms with van der Waals surface area (Å²) in [7, 11) is 1.74. The molecule has 0 amide bonds. The maximum absolute atomic E-state index is 13.6. The quantitative estimate of drug-likeness (QED) is 0.362. The number of alkyl halides is 2. The minimum absolute atomic E-state index is 0.0191. The molecule has 0 unspecified atom stereocenters. The van der Waals surface area contributed by atoms with Crippen molar-refractivity contribution in [3.05, 3.63) is 52.2 Å². The van der Waals surface area contributed by atoms with Crippen LogP contribution in [0.15, 0.2) is 35.3 Å². The number of ether oxygens (including phenoxy) is 1. The van der Waals surface area contributed by atoms with Gasteiger partial charge in [0.2, 0.25) is 5.92 Å². The Morgan fingerprint density at radius 2 is 2.03 bits per heavy atom. The number of aromatic nitrogens is 3. The third kappa shape index (κ3) is 4.55. The number of rotatable bonds is 8. The fourth-order valence-electron chi connectivity index (χ4n) is 4.10. The lowest BCUT2D eigenvalue weighted by molar-refractivity contribution is -0.0890. The van der Waals surface area contributed by atoms with Crippen molar-refractivity contribution in [1.82, 2.24) is 14.1 Å². The molecule has 3 aromatic rings. The van der Waals surface area contributed by atoms with Crippen LogP contribution >= 0.6 is 11.8 Å². The molecule has 1 saturated carbocycles. The van der Waals surface area contributed by atoms with Gasteiger partial charge in [0.1, 0.15) is 5.82 Å². The molecule has 0 spiro atoms. The van der Waals surface area contributed by atoms with Crippen LogP contribution in [-0.4, -0.2) is 38.3 Å². The molecule has 1 fully saturated rings. The average Bonchev–Trinajstić information content (AvgIpc) is 3.07. The highest BCUT2D eigenvalue weighted by atomic mass is 32.2. The summed E-state index contributed by atoms with van der Waals surface area (Å²) < 4.78 is 36.2. The van der Waals surface area contributed by atoms with Gasteiger partial charge in [-0.3, -0.25) is 4.79 Å². The molecule has 2 aromatic heterocycles. The smallest absolute Gasteiger partial charge is 0.253 e. The van der Waals surface area contributed by atoms with Gasteiger partial charge in [0.15, 0.2) is 0 Å². The number of hydrogen-bond acceptors (Lipinski definition) is 4. The van der Waals surface area contributed by atoms with Gasteiger partial charge in [0.25, 0.3) is 5.56 Å². The Morgan fingerprint density at radius 1 is 1.26 bits per heavy atom. The number of hydrogen-bond donors (Lipinski definition) is 0. The first-order valence-electron chi connectivity index (χ1n) is 10.5. The molecule has 0 radical (unpaired) electrons. The van der Waals surface area contributed by atoms with Crippen LogP contribution in [-0.2, 0) is 18.3 Å². The van der Waals surface area contributed by atoms with Crippen LogP contribution in [0.3, 0.4) is 0 Å². The molecular weight excluding hydrogens is 420 g/mol. The second kappa shape index (κ2) is 8.74. The fraction of sp³-hybridized carbons (Fsp3) is 0.478. The van der Waals surface area contributed by atoms with Gasteiger partial charge in [-0.1, -0.05) is 6.07 Å². The molecule has 1 aromatic carbocycles. The maximum Gasteiger partial charge on any atom is 0.253 e. The van der Waals surface area contributed by atoms with Crippen molar-refractivity contribution in [2.75, 3.05) is 18.3 Å². The Bertz CT molecular complexity index is 1120. The van der Waals surface area contributed by atoms with Crippen molar-refractivity contribution < 1.29 is 13.5 Å². The number of nitrogens with zero attached hydrogens (tertiary/aromatic N) is 3. The highest BCUT2D eigenvalue weighted by Gasteiger charge is 2.47. The summed E-state index contributed by atoms with van der Waals surface area (Å²) in [6.07, 6.45) is 1.53. The van der Waals surface area contributed by atoms with Crippen molar-refractivity contribution >= 4 is 22.8 Å². The van der Waals surface area contributed by atoms with E-state index >= 15 is 0 Å². The van der Waals surface area contributed by atoms with Gasteiger partial charge in [-0.15, -0.1) is 11.8 Å². The van der Waals surface area contributed by atoms with E-state index < -0.39 is 5.92 Å². The maximum atomic E-state index is 13.6. The molecule has 4 rings (SSSR count). The normalized spacial score (nSPS) is 16.0. The lowest BCUT2D eigenvalue weighted by Gasteiger charge is -2.34. The predicted octanol–water partition coefficient (Wildman–Crippen LogP) is 4.95. The van der Waals surface area contributed by atoms with Gasteiger partial charge in [0, 0.05) is 56.5 Å². The number of pyridine rings is 1. The lowest BCUT2D eigenvalue weighted by atomic mass is 9.81. The molecule has 0 atom stereocenters. The van der Waals surface area contributed by atoms with E-state index in [1.165, 1.54) is 0 Å². The minimum Gasteiger partial charge on any atom is -0.371 e. The van der Waals surface area contributed by atoms with Crippen molar-refractivity contribution in [2.45, 2.75) is 45.1 Å². The van der Waals surface area contributed by atoms with Gasteiger partial charge in [-0.05, 0) is 43.2 Å². The summed E-state index contributed by atoms with van der Waals surface area (Å²) in [6.45, 7) is 5.12. The van der Waals surface area contributed by atoms with Crippen LogP contribution in [0.4, 0.5) is 8.78 Å². The van der Waals surface area contributed by atoms with E-state index in [-0.39, 0.29) is 24.3 Å². The zero-order valence-corrected chi connectivity index (χ0v) is 18.8. The second-order valence-electron chi connectivity index (χ2n) is 8.13. The number of aryl methyl sites for hydroxylation is 3. The Labute approximate surface area is 184 Å². The SMILES string of the molecule is CCOCSCCn1c(C2CC(F)(F)C2)nc2ccc(-c3cc(C)c(=O)n(C)c3)cc21. The van der Waals surface area contributed by atoms with Crippen LogP contribution in [0, 0.1) is 6.92 Å². The first-order valence-corrected chi connectivity index (χ1v) is 11.7. The number of halogens is 2. The second-order valence-corrected chi connectivity index (χ2v) is 9.19. The van der Waals surface area contributed by atoms with Crippen LogP contribution < -0.4 is 5.56 Å². The summed E-state index contributed by atoms with van der Waals surface area (Å²) >= 11 is 1.68. The standard InChI is InChI=1S/C23H27F2N3O2S/c1-4-30-14-31-8-7-28-20-10-16(17-9-15(2)22(29)27(3)13-17)5-6-19(20)26-21(28)18-11-23(24,25)12-18/h5-6,9-10,13,18H,4,7-8,11-12,14H2,1-3H3. The van der Waals surface area contributed by atoms with Crippen LogP contribution in [0.2, 0.25) is 0 Å². The number of benzene rings is 1. The molecule has 0 bridgehead atoms. The van der Waals surface area contributed by atoms with E-state index in [0.717, 1.165) is 33.7 Å². The first-order chi connectivity index (χ1) is 14.8. The monoisotopic (exact) mass is 447 g/mol. The molecule has 5 nitrogen and oxygen atoms in total. The Balaban J connectivity index is 1.71. The van der Waals surface area contributed by atoms with E-state index in [1.807, 2.05) is 31.3 Å². The average molecular weight is 448 g/mol. The molecule has 8 heteroatoms. The highest BCUT2D eigenvalue weighted by Crippen LogP contribution is 2.48. The van der Waals surface area contributed by atoms with E-state index in [2.05, 4.69) is 10.6 Å². The minimum atomic E-state index is -2.59. The molecule has 0 saturated heterocycles. The van der Waals surface area contributed by atoms with Crippen molar-refractivity contribution in [3.63, 3.8) is 0 Å². The molecule has 2 heterocycles. The predicted molar refractivity (Wildman–Crippen MR) is 121 cm³/mol. The van der Waals surface area contributed by atoms with E-state index in [9.17, 15) is 13.6 Å².